The summed E-state index contributed by atoms with van der Waals surface area (Å²) in [5.41, 5.74) is 1.12. The summed E-state index contributed by atoms with van der Waals surface area (Å²) in [4.78, 5) is 1.01. The van der Waals surface area contributed by atoms with E-state index < -0.39 is 0 Å². The molecule has 2 nitrogen and oxygen atoms in total. The molecule has 1 N–H and O–H groups in total. The predicted octanol–water partition coefficient (Wildman–Crippen LogP) is 2.54. The Morgan fingerprint density at radius 3 is 2.86 bits per heavy atom. The number of methoxy groups -OCH3 is 1. The highest BCUT2D eigenvalue weighted by Crippen LogP contribution is 2.31. The van der Waals surface area contributed by atoms with Gasteiger partial charge in [-0.05, 0) is 11.5 Å². The van der Waals surface area contributed by atoms with Crippen LogP contribution >= 0.6 is 11.3 Å². The molecule has 0 saturated heterocycles. The van der Waals surface area contributed by atoms with Gasteiger partial charge in [-0.1, -0.05) is 18.2 Å². The monoisotopic (exact) mass is 208 g/mol. The van der Waals surface area contributed by atoms with Crippen molar-refractivity contribution in [1.82, 2.24) is 0 Å². The summed E-state index contributed by atoms with van der Waals surface area (Å²) < 4.78 is 6.34. The van der Waals surface area contributed by atoms with Gasteiger partial charge in [-0.15, -0.1) is 11.3 Å². The van der Waals surface area contributed by atoms with Crippen LogP contribution in [-0.2, 0) is 18.0 Å². The molecule has 0 aliphatic carbocycles. The second-order valence-corrected chi connectivity index (χ2v) is 4.23. The van der Waals surface area contributed by atoms with Gasteiger partial charge in [0.1, 0.15) is 0 Å². The highest BCUT2D eigenvalue weighted by atomic mass is 32.1. The Morgan fingerprint density at radius 1 is 1.36 bits per heavy atom. The first kappa shape index (κ1) is 9.65. The molecule has 0 radical (unpaired) electrons. The Hall–Kier alpha value is -0.900. The van der Waals surface area contributed by atoms with E-state index in [-0.39, 0.29) is 6.61 Å². The van der Waals surface area contributed by atoms with E-state index in [9.17, 15) is 5.11 Å². The van der Waals surface area contributed by atoms with Crippen molar-refractivity contribution < 1.29 is 9.84 Å². The molecule has 1 aromatic heterocycles. The maximum atomic E-state index is 9.20. The zero-order chi connectivity index (χ0) is 9.97. The van der Waals surface area contributed by atoms with Crippen LogP contribution in [0.1, 0.15) is 10.4 Å². The largest absolute Gasteiger partial charge is 0.391 e. The molecule has 0 unspecified atom stereocenters. The number of hydrogen-bond acceptors (Lipinski definition) is 3. The third kappa shape index (κ3) is 1.54. The molecule has 0 aliphatic heterocycles. The normalized spacial score (nSPS) is 11.0. The van der Waals surface area contributed by atoms with Crippen LogP contribution in [0.5, 0.6) is 0 Å². The van der Waals surface area contributed by atoms with Gasteiger partial charge in [-0.25, -0.2) is 0 Å². The third-order valence-corrected chi connectivity index (χ3v) is 3.41. The van der Waals surface area contributed by atoms with Crippen LogP contribution in [0.2, 0.25) is 0 Å². The van der Waals surface area contributed by atoms with E-state index in [1.807, 2.05) is 12.1 Å². The van der Waals surface area contributed by atoms with Crippen LogP contribution in [0.4, 0.5) is 0 Å². The van der Waals surface area contributed by atoms with Gasteiger partial charge in [0.05, 0.1) is 13.2 Å². The highest BCUT2D eigenvalue weighted by molar-refractivity contribution is 7.19. The summed E-state index contributed by atoms with van der Waals surface area (Å²) in [6.07, 6.45) is 0. The summed E-state index contributed by atoms with van der Waals surface area (Å²) in [6.45, 7) is 0.665. The molecule has 0 amide bonds. The molecule has 0 fully saturated rings. The average Bonchev–Trinajstić information content (AvgIpc) is 2.58. The van der Waals surface area contributed by atoms with Crippen LogP contribution < -0.4 is 0 Å². The summed E-state index contributed by atoms with van der Waals surface area (Å²) in [5.74, 6) is 0. The molecule has 3 heteroatoms. The lowest BCUT2D eigenvalue weighted by Crippen LogP contribution is -1.90. The topological polar surface area (TPSA) is 29.5 Å². The fourth-order valence-corrected chi connectivity index (χ4v) is 2.65. The molecule has 1 aromatic carbocycles. The molecule has 0 spiro atoms. The molecule has 74 valence electrons. The Bertz CT molecular complexity index is 434. The van der Waals surface area contributed by atoms with E-state index in [0.29, 0.717) is 6.61 Å². The molecule has 2 aromatic rings. The van der Waals surface area contributed by atoms with Crippen LogP contribution in [-0.4, -0.2) is 12.2 Å². The summed E-state index contributed by atoms with van der Waals surface area (Å²) >= 11 is 1.63. The van der Waals surface area contributed by atoms with Gasteiger partial charge in [0.2, 0.25) is 0 Å². The van der Waals surface area contributed by atoms with Gasteiger partial charge in [0, 0.05) is 22.3 Å². The number of fused-ring (bicyclic) bond motifs is 1. The first-order valence-electron chi connectivity index (χ1n) is 4.46. The quantitative estimate of drug-likeness (QED) is 0.840. The molecule has 0 saturated carbocycles. The minimum absolute atomic E-state index is 0.0953. The standard InChI is InChI=1S/C11H12O2S/c1-13-7-9-8-4-2-3-5-10(8)14-11(9)6-12/h2-5,12H,6-7H2,1H3. The molecule has 14 heavy (non-hydrogen) atoms. The van der Waals surface area contributed by atoms with Gasteiger partial charge in [0.15, 0.2) is 0 Å². The first-order valence-corrected chi connectivity index (χ1v) is 5.27. The van der Waals surface area contributed by atoms with Crippen molar-refractivity contribution in [2.24, 2.45) is 0 Å². The molecule has 0 aliphatic rings. The maximum absolute atomic E-state index is 9.20. The smallest absolute Gasteiger partial charge is 0.0778 e. The van der Waals surface area contributed by atoms with Gasteiger partial charge in [-0.3, -0.25) is 0 Å². The molecular formula is C11H12O2S. The van der Waals surface area contributed by atoms with Crippen LogP contribution in [0, 0.1) is 0 Å². The number of hydrogen-bond donors (Lipinski definition) is 1. The Morgan fingerprint density at radius 2 is 2.14 bits per heavy atom. The predicted molar refractivity (Wildman–Crippen MR) is 58.5 cm³/mol. The second-order valence-electron chi connectivity index (χ2n) is 3.09. The van der Waals surface area contributed by atoms with Gasteiger partial charge >= 0.3 is 0 Å². The number of rotatable bonds is 3. The molecule has 0 atom stereocenters. The minimum atomic E-state index is 0.0953. The number of ether oxygens (including phenoxy) is 1. The lowest BCUT2D eigenvalue weighted by Gasteiger charge is -1.99. The van der Waals surface area contributed by atoms with E-state index in [2.05, 4.69) is 12.1 Å². The summed E-state index contributed by atoms with van der Waals surface area (Å²) in [6, 6.07) is 8.16. The lowest BCUT2D eigenvalue weighted by molar-refractivity contribution is 0.183. The van der Waals surface area contributed by atoms with Crippen molar-refractivity contribution in [3.05, 3.63) is 34.7 Å². The van der Waals surface area contributed by atoms with Crippen LogP contribution in [0.25, 0.3) is 10.1 Å². The summed E-state index contributed by atoms with van der Waals surface area (Å²) in [7, 11) is 1.67. The Labute approximate surface area is 86.8 Å². The van der Waals surface area contributed by atoms with E-state index in [4.69, 9.17) is 4.74 Å². The zero-order valence-corrected chi connectivity index (χ0v) is 8.80. The van der Waals surface area contributed by atoms with Crippen molar-refractivity contribution in [2.45, 2.75) is 13.2 Å². The first-order chi connectivity index (χ1) is 6.86. The molecule has 1 heterocycles. The number of benzene rings is 1. The van der Waals surface area contributed by atoms with Crippen molar-refractivity contribution in [3.63, 3.8) is 0 Å². The number of aliphatic hydroxyl groups is 1. The van der Waals surface area contributed by atoms with Crippen molar-refractivity contribution in [1.29, 1.82) is 0 Å². The third-order valence-electron chi connectivity index (χ3n) is 2.21. The highest BCUT2D eigenvalue weighted by Gasteiger charge is 2.09. The van der Waals surface area contributed by atoms with E-state index >= 15 is 0 Å². The second kappa shape index (κ2) is 4.09. The fourth-order valence-electron chi connectivity index (χ4n) is 1.58. The minimum Gasteiger partial charge on any atom is -0.391 e. The molecule has 0 bridgehead atoms. The Balaban J connectivity index is 2.61. The molecule has 2 rings (SSSR count). The van der Waals surface area contributed by atoms with Crippen LogP contribution in [0.15, 0.2) is 24.3 Å². The maximum Gasteiger partial charge on any atom is 0.0778 e. The Kier molecular flexibility index (Phi) is 2.82. The van der Waals surface area contributed by atoms with E-state index in [0.717, 1.165) is 10.4 Å². The lowest BCUT2D eigenvalue weighted by atomic mass is 10.1. The fraction of sp³-hybridized carbons (Fsp3) is 0.273. The number of aliphatic hydroxyl groups excluding tert-OH is 1. The van der Waals surface area contributed by atoms with Gasteiger partial charge in [0.25, 0.3) is 0 Å². The summed E-state index contributed by atoms with van der Waals surface area (Å²) in [5, 5.41) is 10.4. The SMILES string of the molecule is COCc1c(CO)sc2ccccc12. The average molecular weight is 208 g/mol. The van der Waals surface area contributed by atoms with Crippen molar-refractivity contribution in [2.75, 3.05) is 7.11 Å². The van der Waals surface area contributed by atoms with Gasteiger partial charge in [-0.2, -0.15) is 0 Å². The molecular weight excluding hydrogens is 196 g/mol. The van der Waals surface area contributed by atoms with Gasteiger partial charge < -0.3 is 9.84 Å². The number of thiophene rings is 1. The van der Waals surface area contributed by atoms with Crippen LogP contribution in [0.3, 0.4) is 0 Å². The zero-order valence-electron chi connectivity index (χ0n) is 7.99. The van der Waals surface area contributed by atoms with E-state index in [1.54, 1.807) is 18.4 Å². The van der Waals surface area contributed by atoms with E-state index in [1.165, 1.54) is 10.1 Å². The van der Waals surface area contributed by atoms with Crippen molar-refractivity contribution in [3.8, 4) is 0 Å². The van der Waals surface area contributed by atoms with Crippen molar-refractivity contribution >= 4 is 21.4 Å².